The lowest BCUT2D eigenvalue weighted by molar-refractivity contribution is -0.160. The van der Waals surface area contributed by atoms with Crippen LogP contribution < -0.4 is 0 Å². The Balaban J connectivity index is 3.63. The maximum Gasteiger partial charge on any atom is 0.332 e. The van der Waals surface area contributed by atoms with Crippen molar-refractivity contribution in [3.05, 3.63) is 0 Å². The maximum absolute atomic E-state index is 11.1. The Morgan fingerprint density at radius 3 is 1.89 bits per heavy atom. The summed E-state index contributed by atoms with van der Waals surface area (Å²) in [7, 11) is 0. The molecule has 0 radical (unpaired) electrons. The highest BCUT2D eigenvalue weighted by molar-refractivity contribution is 5.72. The Kier molecular flexibility index (Phi) is 9.94. The predicted molar refractivity (Wildman–Crippen MR) is 79.5 cm³/mol. The van der Waals surface area contributed by atoms with E-state index in [0.717, 1.165) is 12.8 Å². The fourth-order valence-electron chi connectivity index (χ4n) is 2.12. The van der Waals surface area contributed by atoms with Crippen molar-refractivity contribution < 1.29 is 14.6 Å². The van der Waals surface area contributed by atoms with Crippen LogP contribution in [0.3, 0.4) is 0 Å². The Morgan fingerprint density at radius 2 is 1.47 bits per heavy atom. The Hall–Kier alpha value is -0.570. The number of rotatable bonds is 11. The predicted octanol–water partition coefficient (Wildman–Crippen LogP) is 4.79. The normalized spacial score (nSPS) is 13.5. The molecule has 0 spiro atoms. The zero-order valence-corrected chi connectivity index (χ0v) is 13.2. The van der Waals surface area contributed by atoms with Crippen molar-refractivity contribution in [3.63, 3.8) is 0 Å². The van der Waals surface area contributed by atoms with Crippen LogP contribution in [0.2, 0.25) is 0 Å². The number of unbranched alkanes of at least 4 members (excludes halogenated alkanes) is 7. The monoisotopic (exact) mass is 272 g/mol. The van der Waals surface area contributed by atoms with Crippen LogP contribution in [-0.4, -0.2) is 22.8 Å². The zero-order valence-electron chi connectivity index (χ0n) is 13.2. The van der Waals surface area contributed by atoms with Crippen molar-refractivity contribution in [1.29, 1.82) is 0 Å². The van der Waals surface area contributed by atoms with Gasteiger partial charge in [0.2, 0.25) is 0 Å². The Morgan fingerprint density at radius 1 is 1.00 bits per heavy atom. The number of hydrogen-bond acceptors (Lipinski definition) is 2. The van der Waals surface area contributed by atoms with E-state index in [1.54, 1.807) is 0 Å². The molecule has 0 rings (SSSR count). The average Bonchev–Trinajstić information content (AvgIpc) is 2.29. The first-order chi connectivity index (χ1) is 8.87. The molecular formula is C16H32O3. The van der Waals surface area contributed by atoms with Gasteiger partial charge in [0.25, 0.3) is 0 Å². The summed E-state index contributed by atoms with van der Waals surface area (Å²) in [5.74, 6) is -0.835. The lowest BCUT2D eigenvalue weighted by Crippen LogP contribution is -2.33. The molecule has 0 saturated heterocycles. The first-order valence-corrected chi connectivity index (χ1v) is 7.77. The minimum absolute atomic E-state index is 0.386. The first-order valence-electron chi connectivity index (χ1n) is 7.77. The second kappa shape index (κ2) is 10.2. The zero-order chi connectivity index (χ0) is 14.7. The summed E-state index contributed by atoms with van der Waals surface area (Å²) in [6.07, 6.45) is 9.79. The molecule has 0 heterocycles. The van der Waals surface area contributed by atoms with E-state index in [9.17, 15) is 4.79 Å². The number of carboxylic acid groups (broad SMARTS) is 1. The summed E-state index contributed by atoms with van der Waals surface area (Å²) in [5.41, 5.74) is -0.386. The van der Waals surface area contributed by atoms with E-state index in [-0.39, 0.29) is 5.60 Å². The average molecular weight is 272 g/mol. The van der Waals surface area contributed by atoms with Gasteiger partial charge in [-0.15, -0.1) is 0 Å². The van der Waals surface area contributed by atoms with Gasteiger partial charge in [0.1, 0.15) is 0 Å². The summed E-state index contributed by atoms with van der Waals surface area (Å²) >= 11 is 0. The molecule has 1 unspecified atom stereocenters. The number of hydrogen-bond donors (Lipinski definition) is 1. The van der Waals surface area contributed by atoms with Gasteiger partial charge in [-0.2, -0.15) is 0 Å². The van der Waals surface area contributed by atoms with Crippen LogP contribution in [0, 0.1) is 0 Å². The molecule has 0 fully saturated rings. The molecule has 0 aromatic rings. The fraction of sp³-hybridized carbons (Fsp3) is 0.938. The molecule has 1 N–H and O–H groups in total. The highest BCUT2D eigenvalue weighted by Gasteiger charge is 2.24. The van der Waals surface area contributed by atoms with Crippen molar-refractivity contribution in [2.75, 3.05) is 0 Å². The largest absolute Gasteiger partial charge is 0.479 e. The van der Waals surface area contributed by atoms with Gasteiger partial charge >= 0.3 is 5.97 Å². The van der Waals surface area contributed by atoms with Crippen molar-refractivity contribution in [2.45, 2.75) is 97.2 Å². The lowest BCUT2D eigenvalue weighted by atomic mass is 10.0. The summed E-state index contributed by atoms with van der Waals surface area (Å²) in [4.78, 5) is 11.1. The molecule has 0 aliphatic rings. The van der Waals surface area contributed by atoms with E-state index in [0.29, 0.717) is 6.42 Å². The van der Waals surface area contributed by atoms with Gasteiger partial charge in [-0.05, 0) is 27.2 Å². The third kappa shape index (κ3) is 12.2. The Labute approximate surface area is 118 Å². The van der Waals surface area contributed by atoms with E-state index >= 15 is 0 Å². The number of carbonyl (C=O) groups is 1. The molecule has 3 heteroatoms. The summed E-state index contributed by atoms with van der Waals surface area (Å²) in [6.45, 7) is 7.92. The van der Waals surface area contributed by atoms with Crippen molar-refractivity contribution >= 4 is 5.97 Å². The molecule has 1 atom stereocenters. The topological polar surface area (TPSA) is 46.5 Å². The standard InChI is InChI=1S/C16H32O3/c1-5-6-7-8-9-10-11-12-13-14(15(17)18)19-16(2,3)4/h14H,5-13H2,1-4H3,(H,17,18). The van der Waals surface area contributed by atoms with Crippen LogP contribution in [0.4, 0.5) is 0 Å². The van der Waals surface area contributed by atoms with E-state index in [4.69, 9.17) is 9.84 Å². The molecule has 0 aliphatic heterocycles. The molecule has 0 amide bonds. The lowest BCUT2D eigenvalue weighted by Gasteiger charge is -2.24. The van der Waals surface area contributed by atoms with Gasteiger partial charge in [-0.3, -0.25) is 0 Å². The molecule has 3 nitrogen and oxygen atoms in total. The molecule has 114 valence electrons. The van der Waals surface area contributed by atoms with E-state index in [2.05, 4.69) is 6.92 Å². The van der Waals surface area contributed by atoms with Crippen LogP contribution >= 0.6 is 0 Å². The fourth-order valence-corrected chi connectivity index (χ4v) is 2.12. The van der Waals surface area contributed by atoms with Crippen LogP contribution in [0.5, 0.6) is 0 Å². The highest BCUT2D eigenvalue weighted by atomic mass is 16.5. The van der Waals surface area contributed by atoms with E-state index < -0.39 is 12.1 Å². The van der Waals surface area contributed by atoms with Crippen molar-refractivity contribution in [2.24, 2.45) is 0 Å². The SMILES string of the molecule is CCCCCCCCCCC(OC(C)(C)C)C(=O)O. The minimum atomic E-state index is -0.835. The van der Waals surface area contributed by atoms with E-state index in [1.807, 2.05) is 20.8 Å². The number of ether oxygens (including phenoxy) is 1. The summed E-state index contributed by atoms with van der Waals surface area (Å²) in [5, 5.41) is 9.11. The van der Waals surface area contributed by atoms with Crippen LogP contribution in [0.15, 0.2) is 0 Å². The van der Waals surface area contributed by atoms with Gasteiger partial charge in [0.05, 0.1) is 5.60 Å². The summed E-state index contributed by atoms with van der Waals surface area (Å²) < 4.78 is 5.56. The third-order valence-electron chi connectivity index (χ3n) is 3.09. The number of carboxylic acids is 1. The van der Waals surface area contributed by atoms with Crippen molar-refractivity contribution in [3.8, 4) is 0 Å². The smallest absolute Gasteiger partial charge is 0.332 e. The van der Waals surface area contributed by atoms with E-state index in [1.165, 1.54) is 38.5 Å². The molecule has 0 aromatic heterocycles. The van der Waals surface area contributed by atoms with Gasteiger partial charge in [0.15, 0.2) is 6.10 Å². The molecule has 19 heavy (non-hydrogen) atoms. The maximum atomic E-state index is 11.1. The highest BCUT2D eigenvalue weighted by Crippen LogP contribution is 2.17. The molecule has 0 saturated carbocycles. The van der Waals surface area contributed by atoms with Crippen molar-refractivity contribution in [1.82, 2.24) is 0 Å². The number of aliphatic carboxylic acids is 1. The third-order valence-corrected chi connectivity index (χ3v) is 3.09. The quantitative estimate of drug-likeness (QED) is 0.550. The molecule has 0 bridgehead atoms. The first kappa shape index (κ1) is 18.4. The van der Waals surface area contributed by atoms with Crippen LogP contribution in [-0.2, 0) is 9.53 Å². The summed E-state index contributed by atoms with van der Waals surface area (Å²) in [6, 6.07) is 0. The van der Waals surface area contributed by atoms with Crippen LogP contribution in [0.1, 0.15) is 85.5 Å². The molecular weight excluding hydrogens is 240 g/mol. The van der Waals surface area contributed by atoms with Crippen LogP contribution in [0.25, 0.3) is 0 Å². The Bertz CT molecular complexity index is 231. The second-order valence-electron chi connectivity index (χ2n) is 6.32. The minimum Gasteiger partial charge on any atom is -0.479 e. The molecule has 0 aromatic carbocycles. The van der Waals surface area contributed by atoms with Gasteiger partial charge in [0, 0.05) is 0 Å². The second-order valence-corrected chi connectivity index (χ2v) is 6.32. The van der Waals surface area contributed by atoms with Gasteiger partial charge in [-0.25, -0.2) is 4.79 Å². The van der Waals surface area contributed by atoms with Gasteiger partial charge < -0.3 is 9.84 Å². The molecule has 0 aliphatic carbocycles. The van der Waals surface area contributed by atoms with Gasteiger partial charge in [-0.1, -0.05) is 58.3 Å².